The van der Waals surface area contributed by atoms with Crippen molar-refractivity contribution in [3.63, 3.8) is 0 Å². The smallest absolute Gasteiger partial charge is 0.255 e. The lowest BCUT2D eigenvalue weighted by Crippen LogP contribution is -2.47. The lowest BCUT2D eigenvalue weighted by Gasteiger charge is -2.35. The van der Waals surface area contributed by atoms with E-state index in [0.29, 0.717) is 33.9 Å². The van der Waals surface area contributed by atoms with Crippen molar-refractivity contribution in [3.8, 4) is 22.5 Å². The highest BCUT2D eigenvalue weighted by molar-refractivity contribution is 6.36. The van der Waals surface area contributed by atoms with Gasteiger partial charge in [0.25, 0.3) is 5.56 Å². The number of benzene rings is 2. The molecule has 2 aromatic heterocycles. The molecule has 34 heavy (non-hydrogen) atoms. The van der Waals surface area contributed by atoms with Crippen LogP contribution in [0.1, 0.15) is 11.6 Å². The summed E-state index contributed by atoms with van der Waals surface area (Å²) >= 11 is 12.4. The number of halogens is 2. The van der Waals surface area contributed by atoms with Gasteiger partial charge in [0.1, 0.15) is 6.33 Å². The largest absolute Gasteiger partial charge is 0.339 e. The first-order valence-electron chi connectivity index (χ1n) is 10.9. The summed E-state index contributed by atoms with van der Waals surface area (Å²) in [5.74, 6) is 0.622. The Morgan fingerprint density at radius 1 is 1.03 bits per heavy atom. The van der Waals surface area contributed by atoms with Gasteiger partial charge < -0.3 is 10.2 Å². The molecule has 1 saturated heterocycles. The normalized spacial score (nSPS) is 16.0. The molecule has 0 bridgehead atoms. The van der Waals surface area contributed by atoms with Crippen LogP contribution in [0.4, 0.5) is 5.95 Å². The SMILES string of the molecule is Cn1c(N2CCN[C@@H](c3ccc(-c4ccc(Cl)cc4Cl)cc3)C2)nc(-c2ccncn2)cc1=O. The van der Waals surface area contributed by atoms with Crippen LogP contribution < -0.4 is 15.8 Å². The average molecular weight is 493 g/mol. The molecule has 3 heterocycles. The molecule has 1 N–H and O–H groups in total. The zero-order valence-corrected chi connectivity index (χ0v) is 20.0. The Hall–Kier alpha value is -3.26. The molecule has 1 aliphatic rings. The lowest BCUT2D eigenvalue weighted by molar-refractivity contribution is 0.462. The number of piperazine rings is 1. The van der Waals surface area contributed by atoms with Crippen molar-refractivity contribution in [2.75, 3.05) is 24.5 Å². The average Bonchev–Trinajstić information content (AvgIpc) is 2.86. The van der Waals surface area contributed by atoms with Crippen molar-refractivity contribution < 1.29 is 0 Å². The van der Waals surface area contributed by atoms with Gasteiger partial charge in [-0.25, -0.2) is 15.0 Å². The highest BCUT2D eigenvalue weighted by atomic mass is 35.5. The second kappa shape index (κ2) is 9.54. The summed E-state index contributed by atoms with van der Waals surface area (Å²) in [6.07, 6.45) is 3.10. The summed E-state index contributed by atoms with van der Waals surface area (Å²) in [6, 6.07) is 17.2. The maximum Gasteiger partial charge on any atom is 0.255 e. The van der Waals surface area contributed by atoms with Gasteiger partial charge in [0, 0.05) is 60.6 Å². The van der Waals surface area contributed by atoms with Crippen molar-refractivity contribution in [2.24, 2.45) is 7.05 Å². The molecule has 9 heteroatoms. The number of hydrogen-bond donors (Lipinski definition) is 1. The second-order valence-corrected chi connectivity index (χ2v) is 8.98. The molecule has 0 saturated carbocycles. The Morgan fingerprint density at radius 3 is 2.59 bits per heavy atom. The van der Waals surface area contributed by atoms with Crippen molar-refractivity contribution in [1.29, 1.82) is 0 Å². The van der Waals surface area contributed by atoms with Crippen LogP contribution in [0.25, 0.3) is 22.5 Å². The molecule has 0 unspecified atom stereocenters. The standard InChI is InChI=1S/C25H22Cl2N6O/c1-32-24(34)13-22(21-8-9-28-15-30-21)31-25(32)33-11-10-29-23(14-33)17-4-2-16(3-5-17)19-7-6-18(26)12-20(19)27/h2-9,12-13,15,23,29H,10-11,14H2,1H3/t23-/m1/s1. The molecule has 2 aromatic carbocycles. The molecular formula is C25H22Cl2N6O. The topological polar surface area (TPSA) is 75.9 Å². The third-order valence-corrected chi connectivity index (χ3v) is 6.52. The van der Waals surface area contributed by atoms with Gasteiger partial charge in [0.05, 0.1) is 11.4 Å². The monoisotopic (exact) mass is 492 g/mol. The van der Waals surface area contributed by atoms with Crippen LogP contribution in [-0.4, -0.2) is 39.2 Å². The molecule has 0 aliphatic carbocycles. The molecule has 0 radical (unpaired) electrons. The molecule has 4 aromatic rings. The number of rotatable bonds is 4. The van der Waals surface area contributed by atoms with Gasteiger partial charge in [-0.1, -0.05) is 53.5 Å². The Morgan fingerprint density at radius 2 is 1.85 bits per heavy atom. The first-order chi connectivity index (χ1) is 16.5. The van der Waals surface area contributed by atoms with Crippen LogP contribution in [0.3, 0.4) is 0 Å². The molecule has 0 spiro atoms. The fourth-order valence-corrected chi connectivity index (χ4v) is 4.67. The Kier molecular flexibility index (Phi) is 6.32. The molecule has 1 fully saturated rings. The van der Waals surface area contributed by atoms with E-state index in [9.17, 15) is 4.79 Å². The summed E-state index contributed by atoms with van der Waals surface area (Å²) in [4.78, 5) is 27.8. The highest BCUT2D eigenvalue weighted by Crippen LogP contribution is 2.31. The molecule has 7 nitrogen and oxygen atoms in total. The van der Waals surface area contributed by atoms with E-state index in [4.69, 9.17) is 28.2 Å². The van der Waals surface area contributed by atoms with Crippen LogP contribution in [0, 0.1) is 0 Å². The number of hydrogen-bond acceptors (Lipinski definition) is 6. The summed E-state index contributed by atoms with van der Waals surface area (Å²) in [6.45, 7) is 2.18. The minimum atomic E-state index is -0.127. The van der Waals surface area contributed by atoms with Gasteiger partial charge in [0.2, 0.25) is 5.95 Å². The maximum absolute atomic E-state index is 12.7. The zero-order chi connectivity index (χ0) is 23.7. The van der Waals surface area contributed by atoms with Gasteiger partial charge in [-0.2, -0.15) is 0 Å². The maximum atomic E-state index is 12.7. The van der Waals surface area contributed by atoms with Crippen LogP contribution in [0.2, 0.25) is 10.0 Å². The van der Waals surface area contributed by atoms with Crippen molar-refractivity contribution in [3.05, 3.63) is 93.1 Å². The third-order valence-electron chi connectivity index (χ3n) is 5.97. The number of aromatic nitrogens is 4. The molecule has 1 atom stereocenters. The van der Waals surface area contributed by atoms with Crippen LogP contribution >= 0.6 is 23.2 Å². The molecular weight excluding hydrogens is 471 g/mol. The molecule has 5 rings (SSSR count). The first kappa shape index (κ1) is 22.5. The van der Waals surface area contributed by atoms with E-state index in [1.54, 1.807) is 29.9 Å². The van der Waals surface area contributed by atoms with E-state index in [-0.39, 0.29) is 11.6 Å². The summed E-state index contributed by atoms with van der Waals surface area (Å²) in [5, 5.41) is 4.81. The number of nitrogens with zero attached hydrogens (tertiary/aromatic N) is 5. The minimum absolute atomic E-state index is 0.0862. The van der Waals surface area contributed by atoms with Gasteiger partial charge >= 0.3 is 0 Å². The van der Waals surface area contributed by atoms with Crippen LogP contribution in [0.5, 0.6) is 0 Å². The van der Waals surface area contributed by atoms with Crippen molar-refractivity contribution >= 4 is 29.2 Å². The van der Waals surface area contributed by atoms with E-state index < -0.39 is 0 Å². The van der Waals surface area contributed by atoms with Crippen LogP contribution in [-0.2, 0) is 7.05 Å². The molecule has 172 valence electrons. The van der Waals surface area contributed by atoms with E-state index in [1.807, 2.05) is 12.1 Å². The van der Waals surface area contributed by atoms with Gasteiger partial charge in [-0.05, 0) is 29.3 Å². The van der Waals surface area contributed by atoms with E-state index in [0.717, 1.165) is 29.8 Å². The quantitative estimate of drug-likeness (QED) is 0.456. The van der Waals surface area contributed by atoms with Gasteiger partial charge in [0.15, 0.2) is 0 Å². The van der Waals surface area contributed by atoms with Crippen molar-refractivity contribution in [2.45, 2.75) is 6.04 Å². The molecule has 1 aliphatic heterocycles. The zero-order valence-electron chi connectivity index (χ0n) is 18.4. The number of anilines is 1. The summed E-state index contributed by atoms with van der Waals surface area (Å²) in [5.41, 5.74) is 4.15. The van der Waals surface area contributed by atoms with Crippen LogP contribution in [0.15, 0.2) is 71.9 Å². The first-order valence-corrected chi connectivity index (χ1v) is 11.6. The highest BCUT2D eigenvalue weighted by Gasteiger charge is 2.24. The number of nitrogens with one attached hydrogen (secondary N) is 1. The predicted octanol–water partition coefficient (Wildman–Crippen LogP) is 4.36. The fraction of sp³-hybridized carbons (Fsp3) is 0.200. The Labute approximate surface area is 207 Å². The van der Waals surface area contributed by atoms with Gasteiger partial charge in [-0.3, -0.25) is 9.36 Å². The van der Waals surface area contributed by atoms with E-state index >= 15 is 0 Å². The fourth-order valence-electron chi connectivity index (χ4n) is 4.16. The molecule has 0 amide bonds. The van der Waals surface area contributed by atoms with Crippen molar-refractivity contribution in [1.82, 2.24) is 24.8 Å². The predicted molar refractivity (Wildman–Crippen MR) is 135 cm³/mol. The Balaban J connectivity index is 1.40. The second-order valence-electron chi connectivity index (χ2n) is 8.13. The lowest BCUT2D eigenvalue weighted by atomic mass is 9.99. The van der Waals surface area contributed by atoms with E-state index in [1.165, 1.54) is 12.4 Å². The summed E-state index contributed by atoms with van der Waals surface area (Å²) < 4.78 is 1.58. The summed E-state index contributed by atoms with van der Waals surface area (Å²) in [7, 11) is 1.75. The third kappa shape index (κ3) is 4.55. The van der Waals surface area contributed by atoms with Gasteiger partial charge in [-0.15, -0.1) is 0 Å². The minimum Gasteiger partial charge on any atom is -0.339 e. The Bertz CT molecular complexity index is 1370. The van der Waals surface area contributed by atoms with E-state index in [2.05, 4.69) is 44.5 Å².